The number of carbonyl (C=O) groups is 1. The number of nitrogens with zero attached hydrogens (tertiary/aromatic N) is 1. The van der Waals surface area contributed by atoms with Crippen LogP contribution in [0, 0.1) is 0 Å². The van der Waals surface area contributed by atoms with Crippen molar-refractivity contribution in [3.63, 3.8) is 0 Å². The van der Waals surface area contributed by atoms with Gasteiger partial charge in [0.25, 0.3) is 0 Å². The summed E-state index contributed by atoms with van der Waals surface area (Å²) >= 11 is 0. The van der Waals surface area contributed by atoms with Crippen molar-refractivity contribution in [2.45, 2.75) is 19.2 Å². The Morgan fingerprint density at radius 3 is 2.43 bits per heavy atom. The molecule has 0 N–H and O–H groups in total. The van der Waals surface area contributed by atoms with Crippen molar-refractivity contribution in [1.82, 2.24) is 4.98 Å². The molecule has 0 unspecified atom stereocenters. The molecule has 2 rings (SSSR count). The van der Waals surface area contributed by atoms with Crippen LogP contribution in [0.25, 0.3) is 11.3 Å². The van der Waals surface area contributed by atoms with E-state index in [1.807, 2.05) is 0 Å². The number of rotatable bonds is 5. The van der Waals surface area contributed by atoms with Gasteiger partial charge in [0.2, 0.25) is 0 Å². The maximum atomic E-state index is 12.1. The SMILES string of the molecule is O=CCCc1cccc(-c2ccc(OC(F)(F)F)cc2)n1. The molecule has 0 fully saturated rings. The van der Waals surface area contributed by atoms with Crippen molar-refractivity contribution in [2.24, 2.45) is 0 Å². The molecule has 1 aromatic heterocycles. The predicted molar refractivity (Wildman–Crippen MR) is 70.7 cm³/mol. The molecule has 0 saturated carbocycles. The molecule has 0 amide bonds. The first-order valence-corrected chi connectivity index (χ1v) is 6.24. The molecule has 0 aliphatic heterocycles. The highest BCUT2D eigenvalue weighted by Crippen LogP contribution is 2.25. The van der Waals surface area contributed by atoms with E-state index in [1.165, 1.54) is 24.3 Å². The number of benzene rings is 1. The number of hydrogen-bond acceptors (Lipinski definition) is 3. The number of ether oxygens (including phenoxy) is 1. The number of carbonyl (C=O) groups excluding carboxylic acids is 1. The zero-order valence-electron chi connectivity index (χ0n) is 10.9. The number of aryl methyl sites for hydroxylation is 1. The first kappa shape index (κ1) is 15.0. The molecule has 6 heteroatoms. The Kier molecular flexibility index (Phi) is 4.57. The summed E-state index contributed by atoms with van der Waals surface area (Å²) in [7, 11) is 0. The second-order valence-electron chi connectivity index (χ2n) is 4.29. The number of aromatic nitrogens is 1. The summed E-state index contributed by atoms with van der Waals surface area (Å²) in [5, 5.41) is 0. The third kappa shape index (κ3) is 4.59. The summed E-state index contributed by atoms with van der Waals surface area (Å²) in [6.45, 7) is 0. The number of hydrogen-bond donors (Lipinski definition) is 0. The van der Waals surface area contributed by atoms with Crippen LogP contribution in [0.15, 0.2) is 42.5 Å². The molecule has 2 aromatic rings. The number of aldehydes is 1. The second-order valence-corrected chi connectivity index (χ2v) is 4.29. The van der Waals surface area contributed by atoms with Gasteiger partial charge < -0.3 is 9.53 Å². The molecule has 110 valence electrons. The van der Waals surface area contributed by atoms with Gasteiger partial charge in [-0.1, -0.05) is 6.07 Å². The molecule has 0 spiro atoms. The minimum atomic E-state index is -4.70. The van der Waals surface area contributed by atoms with Crippen molar-refractivity contribution in [1.29, 1.82) is 0 Å². The van der Waals surface area contributed by atoms with Crippen LogP contribution in [0.3, 0.4) is 0 Å². The van der Waals surface area contributed by atoms with Gasteiger partial charge in [-0.3, -0.25) is 4.98 Å². The molecule has 0 saturated heterocycles. The molecule has 0 atom stereocenters. The maximum Gasteiger partial charge on any atom is 0.573 e. The van der Waals surface area contributed by atoms with E-state index in [2.05, 4.69) is 9.72 Å². The minimum absolute atomic E-state index is 0.275. The van der Waals surface area contributed by atoms with E-state index < -0.39 is 6.36 Å². The van der Waals surface area contributed by atoms with Crippen LogP contribution in [-0.4, -0.2) is 17.6 Å². The van der Waals surface area contributed by atoms with Gasteiger partial charge in [-0.25, -0.2) is 0 Å². The average Bonchev–Trinajstić information content (AvgIpc) is 2.44. The summed E-state index contributed by atoms with van der Waals surface area (Å²) in [5.41, 5.74) is 2.07. The minimum Gasteiger partial charge on any atom is -0.406 e. The van der Waals surface area contributed by atoms with E-state index in [0.29, 0.717) is 24.1 Å². The van der Waals surface area contributed by atoms with Gasteiger partial charge in [-0.2, -0.15) is 0 Å². The molecule has 1 aromatic carbocycles. The van der Waals surface area contributed by atoms with E-state index in [9.17, 15) is 18.0 Å². The lowest BCUT2D eigenvalue weighted by molar-refractivity contribution is -0.274. The maximum absolute atomic E-state index is 12.1. The largest absolute Gasteiger partial charge is 0.573 e. The number of pyridine rings is 1. The molecule has 0 aliphatic rings. The fourth-order valence-electron chi connectivity index (χ4n) is 1.81. The zero-order chi connectivity index (χ0) is 15.3. The highest BCUT2D eigenvalue weighted by Gasteiger charge is 2.30. The first-order valence-electron chi connectivity index (χ1n) is 6.24. The van der Waals surface area contributed by atoms with Crippen LogP contribution < -0.4 is 4.74 Å². The van der Waals surface area contributed by atoms with Crippen molar-refractivity contribution in [3.8, 4) is 17.0 Å². The Balaban J connectivity index is 2.16. The molecular weight excluding hydrogens is 283 g/mol. The molecule has 0 radical (unpaired) electrons. The molecule has 0 bridgehead atoms. The lowest BCUT2D eigenvalue weighted by Crippen LogP contribution is -2.16. The van der Waals surface area contributed by atoms with Crippen LogP contribution in [0.1, 0.15) is 12.1 Å². The van der Waals surface area contributed by atoms with E-state index >= 15 is 0 Å². The van der Waals surface area contributed by atoms with Gasteiger partial charge >= 0.3 is 6.36 Å². The highest BCUT2D eigenvalue weighted by atomic mass is 19.4. The van der Waals surface area contributed by atoms with Gasteiger partial charge in [0, 0.05) is 17.7 Å². The van der Waals surface area contributed by atoms with Crippen LogP contribution >= 0.6 is 0 Å². The summed E-state index contributed by atoms with van der Waals surface area (Å²) in [5.74, 6) is -0.275. The Morgan fingerprint density at radius 2 is 1.81 bits per heavy atom. The lowest BCUT2D eigenvalue weighted by atomic mass is 10.1. The standard InChI is InChI=1S/C15H12F3NO2/c16-15(17,18)21-13-8-6-11(7-9-13)14-5-1-3-12(19-14)4-2-10-20/h1,3,5-10H,2,4H2. The van der Waals surface area contributed by atoms with Crippen molar-refractivity contribution < 1.29 is 22.7 Å². The first-order chi connectivity index (χ1) is 9.98. The summed E-state index contributed by atoms with van der Waals surface area (Å²) in [6.07, 6.45) is -2.96. The fourth-order valence-corrected chi connectivity index (χ4v) is 1.81. The third-order valence-electron chi connectivity index (χ3n) is 2.71. The van der Waals surface area contributed by atoms with Crippen LogP contribution in [0.5, 0.6) is 5.75 Å². The third-order valence-corrected chi connectivity index (χ3v) is 2.71. The molecule has 1 heterocycles. The summed E-state index contributed by atoms with van der Waals surface area (Å²) in [4.78, 5) is 14.7. The highest BCUT2D eigenvalue weighted by molar-refractivity contribution is 5.60. The van der Waals surface area contributed by atoms with Crippen molar-refractivity contribution in [2.75, 3.05) is 0 Å². The summed E-state index contributed by atoms with van der Waals surface area (Å²) in [6, 6.07) is 10.8. The van der Waals surface area contributed by atoms with Crippen LogP contribution in [-0.2, 0) is 11.2 Å². The Bertz CT molecular complexity index is 609. The monoisotopic (exact) mass is 295 g/mol. The fraction of sp³-hybridized carbons (Fsp3) is 0.200. The Labute approximate surface area is 119 Å². The normalized spacial score (nSPS) is 11.2. The van der Waals surface area contributed by atoms with E-state index in [4.69, 9.17) is 0 Å². The lowest BCUT2D eigenvalue weighted by Gasteiger charge is -2.09. The van der Waals surface area contributed by atoms with E-state index in [-0.39, 0.29) is 5.75 Å². The van der Waals surface area contributed by atoms with Gasteiger partial charge in [0.15, 0.2) is 0 Å². The average molecular weight is 295 g/mol. The molecule has 21 heavy (non-hydrogen) atoms. The topological polar surface area (TPSA) is 39.2 Å². The number of halogens is 3. The van der Waals surface area contributed by atoms with Gasteiger partial charge in [0.05, 0.1) is 5.69 Å². The van der Waals surface area contributed by atoms with Gasteiger partial charge in [0.1, 0.15) is 12.0 Å². The van der Waals surface area contributed by atoms with Gasteiger partial charge in [-0.15, -0.1) is 13.2 Å². The smallest absolute Gasteiger partial charge is 0.406 e. The second kappa shape index (κ2) is 6.39. The zero-order valence-corrected chi connectivity index (χ0v) is 10.9. The predicted octanol–water partition coefficient (Wildman–Crippen LogP) is 3.78. The van der Waals surface area contributed by atoms with Crippen molar-refractivity contribution in [3.05, 3.63) is 48.2 Å². The molecular formula is C15H12F3NO2. The Morgan fingerprint density at radius 1 is 1.10 bits per heavy atom. The van der Waals surface area contributed by atoms with Crippen LogP contribution in [0.4, 0.5) is 13.2 Å². The summed E-state index contributed by atoms with van der Waals surface area (Å²) < 4.78 is 40.0. The Hall–Kier alpha value is -2.37. The number of alkyl halides is 3. The molecule has 3 nitrogen and oxygen atoms in total. The quantitative estimate of drug-likeness (QED) is 0.788. The van der Waals surface area contributed by atoms with Crippen LogP contribution in [0.2, 0.25) is 0 Å². The van der Waals surface area contributed by atoms with Gasteiger partial charge in [-0.05, 0) is 42.8 Å². The van der Waals surface area contributed by atoms with E-state index in [1.54, 1.807) is 18.2 Å². The van der Waals surface area contributed by atoms with Crippen molar-refractivity contribution >= 4 is 6.29 Å². The molecule has 0 aliphatic carbocycles. The van der Waals surface area contributed by atoms with E-state index in [0.717, 1.165) is 12.0 Å².